The molecule has 3 N–H and O–H groups in total. The lowest BCUT2D eigenvalue weighted by atomic mass is 9.97. The summed E-state index contributed by atoms with van der Waals surface area (Å²) >= 11 is 0. The normalized spacial score (nSPS) is 16.5. The number of rotatable bonds is 8. The van der Waals surface area contributed by atoms with Crippen LogP contribution in [0.3, 0.4) is 0 Å². The molecule has 0 aromatic heterocycles. The molecule has 0 bridgehead atoms. The Bertz CT molecular complexity index is 555. The van der Waals surface area contributed by atoms with Gasteiger partial charge in [-0.1, -0.05) is 32.0 Å². The Morgan fingerprint density at radius 3 is 2.52 bits per heavy atom. The molecular weight excluding hydrogens is 290 g/mol. The molecular formula is C18H28N3O2+. The van der Waals surface area contributed by atoms with E-state index in [1.807, 2.05) is 25.2 Å². The second kappa shape index (κ2) is 8.11. The van der Waals surface area contributed by atoms with Crippen LogP contribution in [0.4, 0.5) is 5.69 Å². The molecule has 5 heteroatoms. The minimum Gasteiger partial charge on any atom is -0.348 e. The van der Waals surface area contributed by atoms with E-state index in [0.717, 1.165) is 35.4 Å². The Morgan fingerprint density at radius 1 is 1.22 bits per heavy atom. The van der Waals surface area contributed by atoms with Crippen LogP contribution in [0, 0.1) is 0 Å². The van der Waals surface area contributed by atoms with Crippen LogP contribution < -0.4 is 15.5 Å². The van der Waals surface area contributed by atoms with Crippen molar-refractivity contribution < 1.29 is 14.5 Å². The SMILES string of the molecule is CC[C@H](C)c1ccccc1NC(=O)C[NH+](C)CC(=O)NC1CC1. The lowest BCUT2D eigenvalue weighted by Gasteiger charge is -2.17. The van der Waals surface area contributed by atoms with E-state index in [0.29, 0.717) is 18.5 Å². The number of quaternary nitrogens is 1. The molecule has 0 radical (unpaired) electrons. The molecule has 0 heterocycles. The molecule has 0 spiro atoms. The molecule has 0 aliphatic heterocycles. The first-order valence-corrected chi connectivity index (χ1v) is 8.49. The van der Waals surface area contributed by atoms with Crippen LogP contribution in [0.1, 0.15) is 44.6 Å². The summed E-state index contributed by atoms with van der Waals surface area (Å²) < 4.78 is 0. The Morgan fingerprint density at radius 2 is 1.87 bits per heavy atom. The van der Waals surface area contributed by atoms with E-state index < -0.39 is 0 Å². The van der Waals surface area contributed by atoms with Gasteiger partial charge >= 0.3 is 0 Å². The maximum Gasteiger partial charge on any atom is 0.279 e. The molecule has 2 atom stereocenters. The highest BCUT2D eigenvalue weighted by Gasteiger charge is 2.25. The van der Waals surface area contributed by atoms with Gasteiger partial charge < -0.3 is 15.5 Å². The highest BCUT2D eigenvalue weighted by atomic mass is 16.2. The lowest BCUT2D eigenvalue weighted by molar-refractivity contribution is -0.862. The summed E-state index contributed by atoms with van der Waals surface area (Å²) in [6, 6.07) is 8.29. The van der Waals surface area contributed by atoms with E-state index in [1.165, 1.54) is 0 Å². The first-order chi connectivity index (χ1) is 11.0. The Balaban J connectivity index is 1.85. The number of benzene rings is 1. The molecule has 1 aliphatic rings. The van der Waals surface area contributed by atoms with Crippen molar-refractivity contribution in [3.05, 3.63) is 29.8 Å². The average molecular weight is 318 g/mol. The highest BCUT2D eigenvalue weighted by molar-refractivity contribution is 5.92. The van der Waals surface area contributed by atoms with Gasteiger partial charge in [-0.05, 0) is 36.8 Å². The topological polar surface area (TPSA) is 62.6 Å². The Hall–Kier alpha value is -1.88. The minimum atomic E-state index is -0.0579. The van der Waals surface area contributed by atoms with Crippen LogP contribution in [-0.4, -0.2) is 38.0 Å². The molecule has 2 amide bonds. The third-order valence-corrected chi connectivity index (χ3v) is 4.25. The number of hydrogen-bond donors (Lipinski definition) is 3. The zero-order valence-corrected chi connectivity index (χ0v) is 14.3. The third kappa shape index (κ3) is 5.67. The fourth-order valence-corrected chi connectivity index (χ4v) is 2.57. The Labute approximate surface area is 138 Å². The number of carbonyl (C=O) groups excluding carboxylic acids is 2. The van der Waals surface area contributed by atoms with Gasteiger partial charge in [0.1, 0.15) is 0 Å². The predicted octanol–water partition coefficient (Wildman–Crippen LogP) is 0.932. The van der Waals surface area contributed by atoms with Gasteiger partial charge in [0.05, 0.1) is 7.05 Å². The molecule has 1 aromatic carbocycles. The van der Waals surface area contributed by atoms with Gasteiger partial charge in [0.15, 0.2) is 13.1 Å². The zero-order valence-electron chi connectivity index (χ0n) is 14.3. The summed E-state index contributed by atoms with van der Waals surface area (Å²) in [4.78, 5) is 24.9. The fourth-order valence-electron chi connectivity index (χ4n) is 2.57. The van der Waals surface area contributed by atoms with Crippen LogP contribution >= 0.6 is 0 Å². The van der Waals surface area contributed by atoms with Crippen molar-refractivity contribution in [3.8, 4) is 0 Å². The van der Waals surface area contributed by atoms with Gasteiger partial charge in [0, 0.05) is 11.7 Å². The number of para-hydroxylation sites is 1. The van der Waals surface area contributed by atoms with Gasteiger partial charge in [-0.3, -0.25) is 9.59 Å². The zero-order chi connectivity index (χ0) is 16.8. The van der Waals surface area contributed by atoms with Crippen molar-refractivity contribution >= 4 is 17.5 Å². The van der Waals surface area contributed by atoms with Crippen LogP contribution in [0.25, 0.3) is 0 Å². The van der Waals surface area contributed by atoms with Crippen molar-refractivity contribution in [1.82, 2.24) is 5.32 Å². The average Bonchev–Trinajstić information content (AvgIpc) is 3.30. The molecule has 1 unspecified atom stereocenters. The van der Waals surface area contributed by atoms with E-state index in [9.17, 15) is 9.59 Å². The van der Waals surface area contributed by atoms with Crippen LogP contribution in [0.5, 0.6) is 0 Å². The summed E-state index contributed by atoms with van der Waals surface area (Å²) in [6.45, 7) is 4.91. The number of carbonyl (C=O) groups is 2. The standard InChI is InChI=1S/C18H27N3O2/c1-4-13(2)15-7-5-6-8-16(15)20-18(23)12-21(3)11-17(22)19-14-9-10-14/h5-8,13-14H,4,9-12H2,1-3H3,(H,19,22)(H,20,23)/p+1/t13-/m0/s1. The number of hydrogen-bond acceptors (Lipinski definition) is 2. The molecule has 5 nitrogen and oxygen atoms in total. The number of amides is 2. The van der Waals surface area contributed by atoms with Gasteiger partial charge in [-0.2, -0.15) is 0 Å². The summed E-state index contributed by atoms with van der Waals surface area (Å²) in [5.74, 6) is 0.371. The van der Waals surface area contributed by atoms with Crippen LogP contribution in [0.2, 0.25) is 0 Å². The van der Waals surface area contributed by atoms with Crippen molar-refractivity contribution in [1.29, 1.82) is 0 Å². The summed E-state index contributed by atoms with van der Waals surface area (Å²) in [5.41, 5.74) is 2.04. The second-order valence-electron chi connectivity index (χ2n) is 6.60. The van der Waals surface area contributed by atoms with Gasteiger partial charge in [-0.25, -0.2) is 0 Å². The summed E-state index contributed by atoms with van der Waals surface area (Å²) in [5, 5.41) is 5.94. The molecule has 23 heavy (non-hydrogen) atoms. The van der Waals surface area contributed by atoms with E-state index in [4.69, 9.17) is 0 Å². The van der Waals surface area contributed by atoms with Crippen LogP contribution in [-0.2, 0) is 9.59 Å². The van der Waals surface area contributed by atoms with E-state index >= 15 is 0 Å². The highest BCUT2D eigenvalue weighted by Crippen LogP contribution is 2.26. The van der Waals surface area contributed by atoms with Crippen molar-refractivity contribution in [2.24, 2.45) is 0 Å². The molecule has 0 saturated heterocycles. The lowest BCUT2D eigenvalue weighted by Crippen LogP contribution is -3.11. The molecule has 1 fully saturated rings. The fraction of sp³-hybridized carbons (Fsp3) is 0.556. The smallest absolute Gasteiger partial charge is 0.279 e. The Kier molecular flexibility index (Phi) is 6.16. The number of anilines is 1. The summed E-state index contributed by atoms with van der Waals surface area (Å²) in [6.07, 6.45) is 3.19. The maximum absolute atomic E-state index is 12.2. The van der Waals surface area contributed by atoms with Crippen molar-refractivity contribution in [2.45, 2.75) is 45.1 Å². The van der Waals surface area contributed by atoms with Crippen LogP contribution in [0.15, 0.2) is 24.3 Å². The largest absolute Gasteiger partial charge is 0.348 e. The minimum absolute atomic E-state index is 0.0257. The quantitative estimate of drug-likeness (QED) is 0.668. The number of nitrogens with one attached hydrogen (secondary N) is 3. The maximum atomic E-state index is 12.2. The molecule has 1 aromatic rings. The molecule has 2 rings (SSSR count). The predicted molar refractivity (Wildman–Crippen MR) is 91.6 cm³/mol. The van der Waals surface area contributed by atoms with Gasteiger partial charge in [0.2, 0.25) is 0 Å². The van der Waals surface area contributed by atoms with E-state index in [1.54, 1.807) is 0 Å². The second-order valence-corrected chi connectivity index (χ2v) is 6.60. The molecule has 126 valence electrons. The number of likely N-dealkylation sites (N-methyl/N-ethyl adjacent to an activating group) is 1. The van der Waals surface area contributed by atoms with Crippen molar-refractivity contribution in [3.63, 3.8) is 0 Å². The summed E-state index contributed by atoms with van der Waals surface area (Å²) in [7, 11) is 1.87. The molecule has 1 aliphatic carbocycles. The monoisotopic (exact) mass is 318 g/mol. The van der Waals surface area contributed by atoms with E-state index in [2.05, 4.69) is 30.5 Å². The van der Waals surface area contributed by atoms with Gasteiger partial charge in [-0.15, -0.1) is 0 Å². The third-order valence-electron chi connectivity index (χ3n) is 4.25. The first-order valence-electron chi connectivity index (χ1n) is 8.49. The van der Waals surface area contributed by atoms with Gasteiger partial charge in [0.25, 0.3) is 11.8 Å². The molecule has 1 saturated carbocycles. The van der Waals surface area contributed by atoms with E-state index in [-0.39, 0.29) is 18.4 Å². The van der Waals surface area contributed by atoms with Crippen molar-refractivity contribution in [2.75, 3.05) is 25.5 Å². The first kappa shape index (κ1) is 17.5.